The molecule has 2 aromatic carbocycles. The minimum absolute atomic E-state index is 0.358. The van der Waals surface area contributed by atoms with E-state index in [9.17, 15) is 4.79 Å². The maximum absolute atomic E-state index is 11.8. The Morgan fingerprint density at radius 2 is 1.55 bits per heavy atom. The standard InChI is InChI=1S/C18H18O2/c1-13-7-9-16(10-8-13)11-12-17(19)20-18-14(2)5-4-6-15(18)3/h4-12H,1-3H3/b12-11+. The number of hydrogen-bond acceptors (Lipinski definition) is 2. The van der Waals surface area contributed by atoms with Gasteiger partial charge in [0.25, 0.3) is 0 Å². The highest BCUT2D eigenvalue weighted by molar-refractivity contribution is 5.89. The molecule has 20 heavy (non-hydrogen) atoms. The first-order valence-corrected chi connectivity index (χ1v) is 6.59. The van der Waals surface area contributed by atoms with Gasteiger partial charge in [-0.25, -0.2) is 4.79 Å². The predicted octanol–water partition coefficient (Wildman–Crippen LogP) is 4.23. The van der Waals surface area contributed by atoms with Crippen LogP contribution >= 0.6 is 0 Å². The first-order chi connectivity index (χ1) is 9.56. The van der Waals surface area contributed by atoms with Gasteiger partial charge in [-0.2, -0.15) is 0 Å². The van der Waals surface area contributed by atoms with Crippen LogP contribution in [-0.2, 0) is 4.79 Å². The van der Waals surface area contributed by atoms with E-state index >= 15 is 0 Å². The number of carbonyl (C=O) groups excluding carboxylic acids is 1. The van der Waals surface area contributed by atoms with Gasteiger partial charge in [-0.3, -0.25) is 0 Å². The zero-order valence-electron chi connectivity index (χ0n) is 12.0. The molecule has 2 heteroatoms. The average molecular weight is 266 g/mol. The van der Waals surface area contributed by atoms with Crippen LogP contribution in [0, 0.1) is 20.8 Å². The van der Waals surface area contributed by atoms with E-state index in [1.54, 1.807) is 6.08 Å². The summed E-state index contributed by atoms with van der Waals surface area (Å²) in [5, 5.41) is 0. The lowest BCUT2D eigenvalue weighted by atomic mass is 10.1. The quantitative estimate of drug-likeness (QED) is 0.472. The average Bonchev–Trinajstić information content (AvgIpc) is 2.42. The summed E-state index contributed by atoms with van der Waals surface area (Å²) >= 11 is 0. The maximum Gasteiger partial charge on any atom is 0.336 e. The topological polar surface area (TPSA) is 26.3 Å². The Kier molecular flexibility index (Phi) is 4.36. The highest BCUT2D eigenvalue weighted by atomic mass is 16.5. The van der Waals surface area contributed by atoms with Gasteiger partial charge in [0.15, 0.2) is 0 Å². The van der Waals surface area contributed by atoms with Crippen molar-refractivity contribution < 1.29 is 9.53 Å². The van der Waals surface area contributed by atoms with Crippen LogP contribution in [0.15, 0.2) is 48.5 Å². The lowest BCUT2D eigenvalue weighted by Crippen LogP contribution is -2.06. The Balaban J connectivity index is 2.07. The summed E-state index contributed by atoms with van der Waals surface area (Å²) in [6, 6.07) is 13.8. The molecular weight excluding hydrogens is 248 g/mol. The SMILES string of the molecule is Cc1ccc(/C=C/C(=O)Oc2c(C)cccc2C)cc1. The minimum atomic E-state index is -0.358. The molecule has 0 aromatic heterocycles. The third-order valence-corrected chi connectivity index (χ3v) is 3.10. The fourth-order valence-corrected chi connectivity index (χ4v) is 1.94. The first-order valence-electron chi connectivity index (χ1n) is 6.59. The van der Waals surface area contributed by atoms with E-state index in [1.165, 1.54) is 11.6 Å². The molecule has 2 rings (SSSR count). The molecule has 0 N–H and O–H groups in total. The van der Waals surface area contributed by atoms with Crippen molar-refractivity contribution in [2.24, 2.45) is 0 Å². The summed E-state index contributed by atoms with van der Waals surface area (Å²) in [7, 11) is 0. The van der Waals surface area contributed by atoms with Crippen LogP contribution < -0.4 is 4.74 Å². The second kappa shape index (κ2) is 6.20. The monoisotopic (exact) mass is 266 g/mol. The Labute approximate surface area is 119 Å². The third-order valence-electron chi connectivity index (χ3n) is 3.10. The van der Waals surface area contributed by atoms with Crippen LogP contribution in [0.25, 0.3) is 6.08 Å². The molecule has 0 saturated heterocycles. The lowest BCUT2D eigenvalue weighted by Gasteiger charge is -2.08. The van der Waals surface area contributed by atoms with Crippen LogP contribution in [0.5, 0.6) is 5.75 Å². The van der Waals surface area contributed by atoms with Gasteiger partial charge in [-0.15, -0.1) is 0 Å². The molecule has 0 heterocycles. The lowest BCUT2D eigenvalue weighted by molar-refractivity contribution is -0.129. The highest BCUT2D eigenvalue weighted by Crippen LogP contribution is 2.22. The molecular formula is C18H18O2. The van der Waals surface area contributed by atoms with Gasteiger partial charge < -0.3 is 4.74 Å². The van der Waals surface area contributed by atoms with Crippen molar-refractivity contribution in [1.82, 2.24) is 0 Å². The van der Waals surface area contributed by atoms with Gasteiger partial charge in [0.2, 0.25) is 0 Å². The van der Waals surface area contributed by atoms with Crippen molar-refractivity contribution >= 4 is 12.0 Å². The zero-order valence-corrected chi connectivity index (χ0v) is 12.0. The van der Waals surface area contributed by atoms with Crippen molar-refractivity contribution in [3.8, 4) is 5.75 Å². The molecule has 0 spiro atoms. The molecule has 0 saturated carbocycles. The molecule has 0 unspecified atom stereocenters. The second-order valence-electron chi connectivity index (χ2n) is 4.89. The third kappa shape index (κ3) is 3.58. The van der Waals surface area contributed by atoms with Crippen molar-refractivity contribution in [2.45, 2.75) is 20.8 Å². The Morgan fingerprint density at radius 1 is 0.950 bits per heavy atom. The Morgan fingerprint density at radius 3 is 2.15 bits per heavy atom. The Hall–Kier alpha value is -2.35. The largest absolute Gasteiger partial charge is 0.423 e. The summed E-state index contributed by atoms with van der Waals surface area (Å²) in [4.78, 5) is 11.8. The zero-order chi connectivity index (χ0) is 14.5. The van der Waals surface area contributed by atoms with Gasteiger partial charge in [-0.1, -0.05) is 48.0 Å². The second-order valence-corrected chi connectivity index (χ2v) is 4.89. The van der Waals surface area contributed by atoms with E-state index in [0.717, 1.165) is 16.7 Å². The normalized spacial score (nSPS) is 10.8. The van der Waals surface area contributed by atoms with Crippen LogP contribution in [0.3, 0.4) is 0 Å². The van der Waals surface area contributed by atoms with Crippen molar-refractivity contribution in [1.29, 1.82) is 0 Å². The maximum atomic E-state index is 11.8. The molecule has 0 radical (unpaired) electrons. The van der Waals surface area contributed by atoms with E-state index in [1.807, 2.05) is 63.2 Å². The first kappa shape index (κ1) is 14.1. The van der Waals surface area contributed by atoms with E-state index in [2.05, 4.69) is 0 Å². The number of carbonyl (C=O) groups is 1. The number of esters is 1. The van der Waals surface area contributed by atoms with Gasteiger partial charge in [0.1, 0.15) is 5.75 Å². The fraction of sp³-hybridized carbons (Fsp3) is 0.167. The Bertz CT molecular complexity index is 617. The van der Waals surface area contributed by atoms with Crippen molar-refractivity contribution in [3.05, 3.63) is 70.8 Å². The molecule has 2 nitrogen and oxygen atoms in total. The van der Waals surface area contributed by atoms with Crippen LogP contribution in [0.2, 0.25) is 0 Å². The smallest absolute Gasteiger partial charge is 0.336 e. The summed E-state index contributed by atoms with van der Waals surface area (Å²) in [6.07, 6.45) is 3.21. The number of ether oxygens (including phenoxy) is 1. The summed E-state index contributed by atoms with van der Waals surface area (Å²) in [5.74, 6) is 0.286. The number of aryl methyl sites for hydroxylation is 3. The fourth-order valence-electron chi connectivity index (χ4n) is 1.94. The van der Waals surface area contributed by atoms with E-state index in [0.29, 0.717) is 5.75 Å². The van der Waals surface area contributed by atoms with Gasteiger partial charge in [0, 0.05) is 6.08 Å². The highest BCUT2D eigenvalue weighted by Gasteiger charge is 2.06. The van der Waals surface area contributed by atoms with Crippen LogP contribution in [0.4, 0.5) is 0 Å². The molecule has 0 aliphatic rings. The molecule has 0 aliphatic heterocycles. The summed E-state index contributed by atoms with van der Waals surface area (Å²) in [5.41, 5.74) is 4.10. The van der Waals surface area contributed by atoms with E-state index in [4.69, 9.17) is 4.74 Å². The molecule has 0 bridgehead atoms. The number of hydrogen-bond donors (Lipinski definition) is 0. The van der Waals surface area contributed by atoms with Gasteiger partial charge in [0.05, 0.1) is 0 Å². The molecule has 0 fully saturated rings. The van der Waals surface area contributed by atoms with Gasteiger partial charge >= 0.3 is 5.97 Å². The molecule has 0 amide bonds. The van der Waals surface area contributed by atoms with E-state index < -0.39 is 0 Å². The van der Waals surface area contributed by atoms with Crippen LogP contribution in [0.1, 0.15) is 22.3 Å². The molecule has 0 aliphatic carbocycles. The van der Waals surface area contributed by atoms with Gasteiger partial charge in [-0.05, 0) is 43.5 Å². The van der Waals surface area contributed by atoms with E-state index in [-0.39, 0.29) is 5.97 Å². The van der Waals surface area contributed by atoms with Crippen molar-refractivity contribution in [3.63, 3.8) is 0 Å². The molecule has 102 valence electrons. The summed E-state index contributed by atoms with van der Waals surface area (Å²) in [6.45, 7) is 5.89. The summed E-state index contributed by atoms with van der Waals surface area (Å²) < 4.78 is 5.40. The predicted molar refractivity (Wildman–Crippen MR) is 81.8 cm³/mol. The van der Waals surface area contributed by atoms with Crippen LogP contribution in [-0.4, -0.2) is 5.97 Å². The molecule has 0 atom stereocenters. The number of benzene rings is 2. The molecule has 2 aromatic rings. The number of para-hydroxylation sites is 1. The minimum Gasteiger partial charge on any atom is -0.423 e. The van der Waals surface area contributed by atoms with Crippen molar-refractivity contribution in [2.75, 3.05) is 0 Å². The number of rotatable bonds is 3.